The molecule has 0 saturated heterocycles. The highest BCUT2D eigenvalue weighted by Crippen LogP contribution is 2.32. The number of aromatic nitrogens is 1. The summed E-state index contributed by atoms with van der Waals surface area (Å²) >= 11 is 0. The van der Waals surface area contributed by atoms with Crippen LogP contribution in [0.5, 0.6) is 11.5 Å². The van der Waals surface area contributed by atoms with Gasteiger partial charge in [0.1, 0.15) is 24.2 Å². The van der Waals surface area contributed by atoms with Crippen molar-refractivity contribution in [3.8, 4) is 11.5 Å². The van der Waals surface area contributed by atoms with Crippen LogP contribution in [-0.2, 0) is 15.9 Å². The molecule has 0 fully saturated rings. The van der Waals surface area contributed by atoms with Gasteiger partial charge < -0.3 is 23.8 Å². The highest BCUT2D eigenvalue weighted by molar-refractivity contribution is 5.86. The Morgan fingerprint density at radius 3 is 2.52 bits per heavy atom. The molecular formula is C33H37N3O6. The molecule has 4 rings (SSSR count). The van der Waals surface area contributed by atoms with Gasteiger partial charge in [0, 0.05) is 48.0 Å². The van der Waals surface area contributed by atoms with Crippen LogP contribution in [-0.4, -0.2) is 44.0 Å². The van der Waals surface area contributed by atoms with Crippen molar-refractivity contribution in [1.29, 1.82) is 0 Å². The Morgan fingerprint density at radius 1 is 1.00 bits per heavy atom. The fraction of sp³-hybridized carbons (Fsp3) is 0.303. The van der Waals surface area contributed by atoms with Gasteiger partial charge in [0.25, 0.3) is 0 Å². The van der Waals surface area contributed by atoms with Crippen LogP contribution in [0.2, 0.25) is 0 Å². The normalized spacial score (nSPS) is 11.5. The number of aryl methyl sites for hydroxylation is 1. The first kappa shape index (κ1) is 30.2. The molecule has 9 nitrogen and oxygen atoms in total. The van der Waals surface area contributed by atoms with Gasteiger partial charge in [-0.25, -0.2) is 9.59 Å². The molecule has 1 heterocycles. The zero-order valence-corrected chi connectivity index (χ0v) is 24.7. The summed E-state index contributed by atoms with van der Waals surface area (Å²) in [6.45, 7) is 9.70. The number of nitrogens with zero attached hydrogens (tertiary/aromatic N) is 2. The van der Waals surface area contributed by atoms with E-state index >= 15 is 0 Å². The van der Waals surface area contributed by atoms with Crippen LogP contribution in [0.15, 0.2) is 72.9 Å². The second kappa shape index (κ2) is 14.2. The average molecular weight is 572 g/mol. The van der Waals surface area contributed by atoms with E-state index in [1.165, 1.54) is 7.11 Å². The minimum absolute atomic E-state index is 0.0895. The fourth-order valence-corrected chi connectivity index (χ4v) is 4.73. The topological polar surface area (TPSA) is 99.2 Å². The fourth-order valence-electron chi connectivity index (χ4n) is 4.73. The first-order valence-electron chi connectivity index (χ1n) is 14.0. The molecule has 1 aromatic heterocycles. The molecule has 0 aliphatic carbocycles. The lowest BCUT2D eigenvalue weighted by atomic mass is 10.1. The summed E-state index contributed by atoms with van der Waals surface area (Å²) in [5.41, 5.74) is 3.93. The molecule has 4 aromatic rings. The van der Waals surface area contributed by atoms with Crippen LogP contribution in [0.1, 0.15) is 43.7 Å². The van der Waals surface area contributed by atoms with E-state index in [0.29, 0.717) is 23.4 Å². The summed E-state index contributed by atoms with van der Waals surface area (Å²) in [5, 5.41) is 4.88. The first-order chi connectivity index (χ1) is 20.3. The maximum absolute atomic E-state index is 12.8. The molecule has 1 N–H and O–H groups in total. The molecule has 220 valence electrons. The van der Waals surface area contributed by atoms with Crippen LogP contribution in [0.25, 0.3) is 10.8 Å². The predicted molar refractivity (Wildman–Crippen MR) is 164 cm³/mol. The molecule has 0 bridgehead atoms. The van der Waals surface area contributed by atoms with E-state index in [2.05, 4.69) is 29.0 Å². The van der Waals surface area contributed by atoms with Gasteiger partial charge in [0.2, 0.25) is 0 Å². The SMILES string of the molecule is CCN(CC)c1ccc(NC(=O)OC(C)c2cc(OC)ccc2OC(=O)OCCc2nccc3ccccc23)c(C)c1. The lowest BCUT2D eigenvalue weighted by molar-refractivity contribution is 0.0962. The number of hydrogen-bond donors (Lipinski definition) is 1. The van der Waals surface area contributed by atoms with Crippen molar-refractivity contribution in [2.45, 2.75) is 40.2 Å². The van der Waals surface area contributed by atoms with Crippen LogP contribution in [0.4, 0.5) is 21.0 Å². The number of pyridine rings is 1. The van der Waals surface area contributed by atoms with Gasteiger partial charge in [0.05, 0.1) is 12.8 Å². The second-order valence-corrected chi connectivity index (χ2v) is 9.68. The quantitative estimate of drug-likeness (QED) is 0.146. The molecule has 0 radical (unpaired) electrons. The molecule has 0 aliphatic heterocycles. The molecule has 0 spiro atoms. The summed E-state index contributed by atoms with van der Waals surface area (Å²) in [6.07, 6.45) is -0.110. The van der Waals surface area contributed by atoms with E-state index in [0.717, 1.165) is 40.8 Å². The Kier molecular flexibility index (Phi) is 10.2. The first-order valence-corrected chi connectivity index (χ1v) is 14.0. The van der Waals surface area contributed by atoms with Crippen molar-refractivity contribution in [2.75, 3.05) is 37.0 Å². The van der Waals surface area contributed by atoms with Crippen LogP contribution >= 0.6 is 0 Å². The number of hydrogen-bond acceptors (Lipinski definition) is 8. The molecule has 3 aromatic carbocycles. The van der Waals surface area contributed by atoms with E-state index in [1.54, 1.807) is 31.3 Å². The van der Waals surface area contributed by atoms with E-state index < -0.39 is 18.4 Å². The van der Waals surface area contributed by atoms with E-state index in [9.17, 15) is 9.59 Å². The minimum atomic E-state index is -0.873. The van der Waals surface area contributed by atoms with Crippen molar-refractivity contribution in [2.24, 2.45) is 0 Å². The zero-order chi connectivity index (χ0) is 30.1. The molecule has 0 aliphatic rings. The van der Waals surface area contributed by atoms with Gasteiger partial charge in [-0.1, -0.05) is 24.3 Å². The number of rotatable bonds is 11. The molecule has 1 unspecified atom stereocenters. The Bertz CT molecular complexity index is 1530. The number of carbonyl (C=O) groups excluding carboxylic acids is 2. The van der Waals surface area contributed by atoms with Crippen molar-refractivity contribution in [3.63, 3.8) is 0 Å². The Labute approximate surface area is 246 Å². The van der Waals surface area contributed by atoms with Crippen molar-refractivity contribution in [1.82, 2.24) is 4.98 Å². The van der Waals surface area contributed by atoms with Gasteiger partial charge in [-0.2, -0.15) is 0 Å². The smallest absolute Gasteiger partial charge is 0.497 e. The molecule has 1 amide bonds. The zero-order valence-electron chi connectivity index (χ0n) is 24.7. The Morgan fingerprint density at radius 2 is 1.79 bits per heavy atom. The monoisotopic (exact) mass is 571 g/mol. The second-order valence-electron chi connectivity index (χ2n) is 9.68. The van der Waals surface area contributed by atoms with Gasteiger partial charge in [-0.05, 0) is 81.1 Å². The maximum Gasteiger partial charge on any atom is 0.513 e. The largest absolute Gasteiger partial charge is 0.513 e. The number of nitrogens with one attached hydrogen (secondary N) is 1. The Hall–Kier alpha value is -4.79. The van der Waals surface area contributed by atoms with Crippen LogP contribution in [0, 0.1) is 6.92 Å². The van der Waals surface area contributed by atoms with Crippen molar-refractivity contribution in [3.05, 3.63) is 89.7 Å². The van der Waals surface area contributed by atoms with Crippen LogP contribution in [0.3, 0.4) is 0 Å². The summed E-state index contributed by atoms with van der Waals surface area (Å²) in [7, 11) is 1.53. The lowest BCUT2D eigenvalue weighted by Gasteiger charge is -2.22. The lowest BCUT2D eigenvalue weighted by Crippen LogP contribution is -2.22. The summed E-state index contributed by atoms with van der Waals surface area (Å²) in [4.78, 5) is 32.1. The standard InChI is InChI=1S/C33H37N3O6/c1-6-36(7-2)25-12-14-29(22(3)20-25)35-32(37)41-23(4)28-21-26(39-5)13-15-31(28)42-33(38)40-19-17-30-27-11-9-8-10-24(27)16-18-34-30/h8-16,18,20-21,23H,6-7,17,19H2,1-5H3,(H,35,37). The summed E-state index contributed by atoms with van der Waals surface area (Å²) < 4.78 is 21.9. The average Bonchev–Trinajstić information content (AvgIpc) is 2.99. The third-order valence-electron chi connectivity index (χ3n) is 7.02. The number of methoxy groups -OCH3 is 1. The highest BCUT2D eigenvalue weighted by Gasteiger charge is 2.21. The number of amides is 1. The van der Waals surface area contributed by atoms with Crippen molar-refractivity contribution >= 4 is 34.4 Å². The number of ether oxygens (including phenoxy) is 4. The van der Waals surface area contributed by atoms with Gasteiger partial charge in [-0.3, -0.25) is 10.3 Å². The number of anilines is 2. The number of benzene rings is 3. The van der Waals surface area contributed by atoms with E-state index in [4.69, 9.17) is 18.9 Å². The van der Waals surface area contributed by atoms with Crippen LogP contribution < -0.4 is 19.7 Å². The third-order valence-corrected chi connectivity index (χ3v) is 7.02. The minimum Gasteiger partial charge on any atom is -0.497 e. The molecule has 1 atom stereocenters. The van der Waals surface area contributed by atoms with Crippen molar-refractivity contribution < 1.29 is 28.5 Å². The summed E-state index contributed by atoms with van der Waals surface area (Å²) in [6, 6.07) is 20.6. The highest BCUT2D eigenvalue weighted by atomic mass is 16.7. The molecule has 9 heteroatoms. The Balaban J connectivity index is 1.38. The van der Waals surface area contributed by atoms with Gasteiger partial charge in [-0.15, -0.1) is 0 Å². The predicted octanol–water partition coefficient (Wildman–Crippen LogP) is 7.47. The third kappa shape index (κ3) is 7.48. The van der Waals surface area contributed by atoms with Gasteiger partial charge in [0.15, 0.2) is 0 Å². The molecule has 0 saturated carbocycles. The van der Waals surface area contributed by atoms with E-state index in [1.807, 2.05) is 55.5 Å². The summed E-state index contributed by atoms with van der Waals surface area (Å²) in [5.74, 6) is 0.718. The van der Waals surface area contributed by atoms with Gasteiger partial charge >= 0.3 is 12.2 Å². The number of carbonyl (C=O) groups is 2. The van der Waals surface area contributed by atoms with E-state index in [-0.39, 0.29) is 12.4 Å². The number of fused-ring (bicyclic) bond motifs is 1. The molecule has 42 heavy (non-hydrogen) atoms. The molecular weight excluding hydrogens is 534 g/mol. The maximum atomic E-state index is 12.8.